The van der Waals surface area contributed by atoms with Crippen LogP contribution < -0.4 is 5.32 Å². The Kier molecular flexibility index (Phi) is 5.44. The molecule has 1 heterocycles. The van der Waals surface area contributed by atoms with Gasteiger partial charge in [0, 0.05) is 23.8 Å². The summed E-state index contributed by atoms with van der Waals surface area (Å²) in [6.45, 7) is 9.70. The lowest BCUT2D eigenvalue weighted by atomic mass is 9.95. The highest BCUT2D eigenvalue weighted by Gasteiger charge is 2.24. The summed E-state index contributed by atoms with van der Waals surface area (Å²) in [5, 5.41) is 13.1. The molecular formula is C17H31N3O. The molecular weight excluding hydrogens is 262 g/mol. The molecule has 21 heavy (non-hydrogen) atoms. The van der Waals surface area contributed by atoms with Gasteiger partial charge in [-0.1, -0.05) is 13.8 Å². The van der Waals surface area contributed by atoms with Crippen LogP contribution in [0.15, 0.2) is 0 Å². The number of hydrogen-bond donors (Lipinski definition) is 2. The van der Waals surface area contributed by atoms with Crippen molar-refractivity contribution < 1.29 is 5.11 Å². The Hall–Kier alpha value is -0.870. The van der Waals surface area contributed by atoms with E-state index < -0.39 is 0 Å². The Bertz CT molecular complexity index is 467. The molecule has 1 aliphatic rings. The smallest absolute Gasteiger partial charge is 0.106 e. The van der Waals surface area contributed by atoms with Gasteiger partial charge in [-0.2, -0.15) is 0 Å². The Morgan fingerprint density at radius 3 is 2.71 bits per heavy atom. The predicted octanol–water partition coefficient (Wildman–Crippen LogP) is 2.60. The SMILES string of the molecule is Cc1nc2c(n1CCCC(C)(CO)NC(C)C)CCCC2. The molecule has 0 saturated carbocycles. The Morgan fingerprint density at radius 2 is 2.05 bits per heavy atom. The van der Waals surface area contributed by atoms with Crippen molar-refractivity contribution in [1.82, 2.24) is 14.9 Å². The Balaban J connectivity index is 1.95. The normalized spacial score (nSPS) is 17.8. The van der Waals surface area contributed by atoms with E-state index in [9.17, 15) is 5.11 Å². The van der Waals surface area contributed by atoms with Crippen molar-refractivity contribution >= 4 is 0 Å². The van der Waals surface area contributed by atoms with Crippen molar-refractivity contribution in [3.05, 3.63) is 17.2 Å². The van der Waals surface area contributed by atoms with Crippen molar-refractivity contribution in [2.24, 2.45) is 0 Å². The van der Waals surface area contributed by atoms with Gasteiger partial charge in [0.05, 0.1) is 12.3 Å². The van der Waals surface area contributed by atoms with Gasteiger partial charge < -0.3 is 15.0 Å². The molecule has 1 aromatic rings. The van der Waals surface area contributed by atoms with Crippen LogP contribution in [0.1, 0.15) is 63.7 Å². The van der Waals surface area contributed by atoms with E-state index in [2.05, 4.69) is 37.6 Å². The molecule has 0 spiro atoms. The lowest BCUT2D eigenvalue weighted by Crippen LogP contribution is -2.49. The molecule has 1 aromatic heterocycles. The largest absolute Gasteiger partial charge is 0.394 e. The molecule has 1 aliphatic carbocycles. The lowest BCUT2D eigenvalue weighted by Gasteiger charge is -2.31. The molecule has 0 bridgehead atoms. The fourth-order valence-corrected chi connectivity index (χ4v) is 3.55. The van der Waals surface area contributed by atoms with E-state index in [0.717, 1.165) is 31.6 Å². The second-order valence-electron chi connectivity index (χ2n) is 7.03. The number of fused-ring (bicyclic) bond motifs is 1. The van der Waals surface area contributed by atoms with Gasteiger partial charge in [0.1, 0.15) is 5.82 Å². The average Bonchev–Trinajstić information content (AvgIpc) is 2.74. The van der Waals surface area contributed by atoms with Gasteiger partial charge in [-0.25, -0.2) is 4.98 Å². The summed E-state index contributed by atoms with van der Waals surface area (Å²) in [5.41, 5.74) is 2.60. The maximum absolute atomic E-state index is 9.66. The molecule has 0 aromatic carbocycles. The fraction of sp³-hybridized carbons (Fsp3) is 0.824. The molecule has 2 N–H and O–H groups in total. The Morgan fingerprint density at radius 1 is 1.33 bits per heavy atom. The van der Waals surface area contributed by atoms with E-state index >= 15 is 0 Å². The summed E-state index contributed by atoms with van der Waals surface area (Å²) in [4.78, 5) is 4.73. The zero-order valence-electron chi connectivity index (χ0n) is 14.1. The topological polar surface area (TPSA) is 50.1 Å². The maximum atomic E-state index is 9.66. The van der Waals surface area contributed by atoms with Gasteiger partial charge in [-0.15, -0.1) is 0 Å². The third-order valence-corrected chi connectivity index (χ3v) is 4.52. The molecule has 120 valence electrons. The van der Waals surface area contributed by atoms with Crippen molar-refractivity contribution in [2.45, 2.75) is 84.3 Å². The lowest BCUT2D eigenvalue weighted by molar-refractivity contribution is 0.153. The number of aryl methyl sites for hydroxylation is 2. The predicted molar refractivity (Wildman–Crippen MR) is 86.6 cm³/mol. The minimum atomic E-state index is -0.178. The number of nitrogens with one attached hydrogen (secondary N) is 1. The van der Waals surface area contributed by atoms with E-state index in [4.69, 9.17) is 4.98 Å². The second kappa shape index (κ2) is 6.93. The number of aliphatic hydroxyl groups is 1. The van der Waals surface area contributed by atoms with Gasteiger partial charge in [-0.3, -0.25) is 0 Å². The first-order chi connectivity index (χ1) is 9.95. The van der Waals surface area contributed by atoms with Gasteiger partial charge in [0.15, 0.2) is 0 Å². The fourth-order valence-electron chi connectivity index (χ4n) is 3.55. The zero-order valence-corrected chi connectivity index (χ0v) is 14.1. The molecule has 0 saturated heterocycles. The quantitative estimate of drug-likeness (QED) is 0.812. The van der Waals surface area contributed by atoms with Gasteiger partial charge in [0.25, 0.3) is 0 Å². The minimum Gasteiger partial charge on any atom is -0.394 e. The highest BCUT2D eigenvalue weighted by Crippen LogP contribution is 2.23. The van der Waals surface area contributed by atoms with Crippen molar-refractivity contribution in [3.63, 3.8) is 0 Å². The van der Waals surface area contributed by atoms with Crippen LogP contribution in [0, 0.1) is 6.92 Å². The van der Waals surface area contributed by atoms with Crippen LogP contribution >= 0.6 is 0 Å². The number of aliphatic hydroxyl groups excluding tert-OH is 1. The van der Waals surface area contributed by atoms with E-state index in [1.807, 2.05) is 0 Å². The highest BCUT2D eigenvalue weighted by molar-refractivity contribution is 5.19. The summed E-state index contributed by atoms with van der Waals surface area (Å²) < 4.78 is 2.40. The molecule has 4 heteroatoms. The first kappa shape index (κ1) is 16.5. The summed E-state index contributed by atoms with van der Waals surface area (Å²) in [7, 11) is 0. The zero-order chi connectivity index (χ0) is 15.5. The van der Waals surface area contributed by atoms with Gasteiger partial charge >= 0.3 is 0 Å². The molecule has 0 radical (unpaired) electrons. The second-order valence-corrected chi connectivity index (χ2v) is 7.03. The van der Waals surface area contributed by atoms with Crippen LogP contribution in [0.4, 0.5) is 0 Å². The van der Waals surface area contributed by atoms with Crippen LogP contribution in [0.3, 0.4) is 0 Å². The number of nitrogens with zero attached hydrogens (tertiary/aromatic N) is 2. The van der Waals surface area contributed by atoms with Crippen molar-refractivity contribution in [2.75, 3.05) is 6.61 Å². The molecule has 0 aliphatic heterocycles. The number of rotatable bonds is 7. The van der Waals surface area contributed by atoms with Gasteiger partial charge in [0.2, 0.25) is 0 Å². The summed E-state index contributed by atoms with van der Waals surface area (Å²) in [5.74, 6) is 1.16. The van der Waals surface area contributed by atoms with Crippen LogP contribution in [0.2, 0.25) is 0 Å². The maximum Gasteiger partial charge on any atom is 0.106 e. The third kappa shape index (κ3) is 4.07. The molecule has 2 rings (SSSR count). The first-order valence-corrected chi connectivity index (χ1v) is 8.38. The van der Waals surface area contributed by atoms with Crippen molar-refractivity contribution in [1.29, 1.82) is 0 Å². The third-order valence-electron chi connectivity index (χ3n) is 4.52. The molecule has 1 atom stereocenters. The number of imidazole rings is 1. The molecule has 0 fully saturated rings. The first-order valence-electron chi connectivity index (χ1n) is 8.38. The number of hydrogen-bond acceptors (Lipinski definition) is 3. The highest BCUT2D eigenvalue weighted by atomic mass is 16.3. The average molecular weight is 293 g/mol. The minimum absolute atomic E-state index is 0.178. The van der Waals surface area contributed by atoms with E-state index in [1.165, 1.54) is 30.7 Å². The van der Waals surface area contributed by atoms with Crippen LogP contribution in [-0.4, -0.2) is 32.8 Å². The summed E-state index contributed by atoms with van der Waals surface area (Å²) in [6, 6.07) is 0.393. The van der Waals surface area contributed by atoms with E-state index in [1.54, 1.807) is 0 Å². The van der Waals surface area contributed by atoms with Crippen LogP contribution in [0.25, 0.3) is 0 Å². The van der Waals surface area contributed by atoms with E-state index in [0.29, 0.717) is 6.04 Å². The standard InChI is InChI=1S/C17H31N3O/c1-13(2)19-17(4,12-21)10-7-11-20-14(3)18-15-8-5-6-9-16(15)20/h13,19,21H,5-12H2,1-4H3. The molecule has 0 amide bonds. The van der Waals surface area contributed by atoms with Crippen LogP contribution in [0.5, 0.6) is 0 Å². The van der Waals surface area contributed by atoms with Crippen LogP contribution in [-0.2, 0) is 19.4 Å². The van der Waals surface area contributed by atoms with Gasteiger partial charge in [-0.05, 0) is 52.4 Å². The summed E-state index contributed by atoms with van der Waals surface area (Å²) in [6.07, 6.45) is 6.95. The van der Waals surface area contributed by atoms with Crippen molar-refractivity contribution in [3.8, 4) is 0 Å². The monoisotopic (exact) mass is 293 g/mol. The van der Waals surface area contributed by atoms with E-state index in [-0.39, 0.29) is 12.1 Å². The Labute approximate surface area is 129 Å². The number of aromatic nitrogens is 2. The molecule has 4 nitrogen and oxygen atoms in total. The summed E-state index contributed by atoms with van der Waals surface area (Å²) >= 11 is 0. The molecule has 1 unspecified atom stereocenters.